The third-order valence-corrected chi connectivity index (χ3v) is 5.60. The predicted octanol–water partition coefficient (Wildman–Crippen LogP) is 5.17. The maximum atomic E-state index is 11.2. The number of hydrogen-bond acceptors (Lipinski definition) is 6. The van der Waals surface area contributed by atoms with E-state index >= 15 is 0 Å². The van der Waals surface area contributed by atoms with Gasteiger partial charge in [0.15, 0.2) is 10.3 Å². The molecule has 2 aromatic heterocycles. The van der Waals surface area contributed by atoms with Crippen molar-refractivity contribution in [2.75, 3.05) is 5.32 Å². The van der Waals surface area contributed by atoms with Gasteiger partial charge in [0.25, 0.3) is 0 Å². The Bertz CT molecular complexity index is 1140. The number of amides is 1. The van der Waals surface area contributed by atoms with Crippen LogP contribution in [0.5, 0.6) is 0 Å². The minimum Gasteiger partial charge on any atom is -0.302 e. The van der Waals surface area contributed by atoms with Crippen LogP contribution in [0.15, 0.2) is 64.8 Å². The zero-order valence-electron chi connectivity index (χ0n) is 14.8. The SMILES string of the molecule is CC(=O)Nc1nc2ccc(-c3ccnc(Sc4cccc(C)c4)n3)cc2s1. The van der Waals surface area contributed by atoms with Gasteiger partial charge in [0.05, 0.1) is 15.9 Å². The van der Waals surface area contributed by atoms with E-state index in [0.29, 0.717) is 10.3 Å². The van der Waals surface area contributed by atoms with Gasteiger partial charge in [-0.1, -0.05) is 35.1 Å². The van der Waals surface area contributed by atoms with E-state index in [1.807, 2.05) is 30.3 Å². The summed E-state index contributed by atoms with van der Waals surface area (Å²) in [6.07, 6.45) is 1.78. The van der Waals surface area contributed by atoms with E-state index < -0.39 is 0 Å². The number of fused-ring (bicyclic) bond motifs is 1. The molecular weight excluding hydrogens is 376 g/mol. The number of nitrogens with zero attached hydrogens (tertiary/aromatic N) is 3. The monoisotopic (exact) mass is 392 g/mol. The normalized spacial score (nSPS) is 10.9. The quantitative estimate of drug-likeness (QED) is 0.485. The van der Waals surface area contributed by atoms with Crippen LogP contribution in [0.25, 0.3) is 21.5 Å². The molecule has 5 nitrogen and oxygen atoms in total. The fourth-order valence-electron chi connectivity index (χ4n) is 2.62. The van der Waals surface area contributed by atoms with E-state index in [4.69, 9.17) is 4.98 Å². The number of aryl methyl sites for hydroxylation is 1. The van der Waals surface area contributed by atoms with Gasteiger partial charge in [0, 0.05) is 23.6 Å². The number of benzene rings is 2. The van der Waals surface area contributed by atoms with E-state index in [9.17, 15) is 4.79 Å². The minimum atomic E-state index is -0.122. The first-order valence-corrected chi connectivity index (χ1v) is 9.96. The summed E-state index contributed by atoms with van der Waals surface area (Å²) in [4.78, 5) is 25.8. The number of thiazole rings is 1. The topological polar surface area (TPSA) is 67.8 Å². The number of anilines is 1. The summed E-state index contributed by atoms with van der Waals surface area (Å²) >= 11 is 3.00. The van der Waals surface area contributed by atoms with Crippen LogP contribution < -0.4 is 5.32 Å². The molecule has 0 spiro atoms. The van der Waals surface area contributed by atoms with Gasteiger partial charge in [0.1, 0.15) is 0 Å². The second kappa shape index (κ2) is 7.46. The van der Waals surface area contributed by atoms with Crippen molar-refractivity contribution >= 4 is 44.4 Å². The minimum absolute atomic E-state index is 0.122. The number of carbonyl (C=O) groups excluding carboxylic acids is 1. The summed E-state index contributed by atoms with van der Waals surface area (Å²) in [7, 11) is 0. The lowest BCUT2D eigenvalue weighted by Gasteiger charge is -2.04. The first-order chi connectivity index (χ1) is 13.1. The van der Waals surface area contributed by atoms with Gasteiger partial charge < -0.3 is 5.32 Å². The molecule has 134 valence electrons. The summed E-state index contributed by atoms with van der Waals surface area (Å²) in [6.45, 7) is 3.55. The maximum Gasteiger partial charge on any atom is 0.223 e. The molecular formula is C20H16N4OS2. The van der Waals surface area contributed by atoms with Crippen molar-refractivity contribution < 1.29 is 4.79 Å². The summed E-state index contributed by atoms with van der Waals surface area (Å²) in [5.41, 5.74) is 3.92. The van der Waals surface area contributed by atoms with E-state index in [1.54, 1.807) is 18.0 Å². The zero-order chi connectivity index (χ0) is 18.8. The fraction of sp³-hybridized carbons (Fsp3) is 0.100. The van der Waals surface area contributed by atoms with Crippen molar-refractivity contribution in [2.45, 2.75) is 23.9 Å². The lowest BCUT2D eigenvalue weighted by Crippen LogP contribution is -2.04. The van der Waals surface area contributed by atoms with Crippen LogP contribution in [-0.4, -0.2) is 20.9 Å². The number of nitrogens with one attached hydrogen (secondary N) is 1. The Labute approximate surface area is 164 Å². The molecule has 0 fully saturated rings. The van der Waals surface area contributed by atoms with Crippen LogP contribution in [-0.2, 0) is 4.79 Å². The van der Waals surface area contributed by atoms with Crippen molar-refractivity contribution in [2.24, 2.45) is 0 Å². The molecule has 7 heteroatoms. The standard InChI is InChI=1S/C20H16N4OS2/c1-12-4-3-5-15(10-12)26-19-21-9-8-16(23-19)14-6-7-17-18(11-14)27-20(24-17)22-13(2)25/h3-11H,1-2H3,(H,22,24,25). The largest absolute Gasteiger partial charge is 0.302 e. The highest BCUT2D eigenvalue weighted by atomic mass is 32.2. The highest BCUT2D eigenvalue weighted by Gasteiger charge is 2.09. The molecule has 0 saturated heterocycles. The molecule has 2 aromatic carbocycles. The lowest BCUT2D eigenvalue weighted by molar-refractivity contribution is -0.114. The van der Waals surface area contributed by atoms with Crippen molar-refractivity contribution in [3.05, 3.63) is 60.3 Å². The van der Waals surface area contributed by atoms with Crippen molar-refractivity contribution in [1.29, 1.82) is 0 Å². The molecule has 27 heavy (non-hydrogen) atoms. The molecule has 0 saturated carbocycles. The molecule has 0 aliphatic rings. The Morgan fingerprint density at radius 3 is 2.81 bits per heavy atom. The molecule has 0 bridgehead atoms. The van der Waals surface area contributed by atoms with Crippen LogP contribution in [0.2, 0.25) is 0 Å². The van der Waals surface area contributed by atoms with Gasteiger partial charge >= 0.3 is 0 Å². The lowest BCUT2D eigenvalue weighted by atomic mass is 10.1. The maximum absolute atomic E-state index is 11.2. The number of aromatic nitrogens is 3. The fourth-order valence-corrected chi connectivity index (χ4v) is 4.43. The first kappa shape index (κ1) is 17.6. The summed E-state index contributed by atoms with van der Waals surface area (Å²) in [5.74, 6) is -0.122. The highest BCUT2D eigenvalue weighted by Crippen LogP contribution is 2.31. The molecule has 1 N–H and O–H groups in total. The van der Waals surface area contributed by atoms with Gasteiger partial charge in [-0.3, -0.25) is 4.79 Å². The van der Waals surface area contributed by atoms with E-state index in [2.05, 4.69) is 40.4 Å². The smallest absolute Gasteiger partial charge is 0.223 e. The second-order valence-electron chi connectivity index (χ2n) is 6.03. The summed E-state index contributed by atoms with van der Waals surface area (Å²) in [6, 6.07) is 16.2. The van der Waals surface area contributed by atoms with Crippen molar-refractivity contribution in [3.8, 4) is 11.3 Å². The third kappa shape index (κ3) is 4.15. The molecule has 0 radical (unpaired) electrons. The van der Waals surface area contributed by atoms with E-state index in [-0.39, 0.29) is 5.91 Å². The van der Waals surface area contributed by atoms with E-state index in [0.717, 1.165) is 26.4 Å². The molecule has 0 aliphatic carbocycles. The molecule has 0 atom stereocenters. The average Bonchev–Trinajstić information content (AvgIpc) is 3.02. The predicted molar refractivity (Wildman–Crippen MR) is 110 cm³/mol. The Hall–Kier alpha value is -2.77. The van der Waals surface area contributed by atoms with Crippen LogP contribution in [0, 0.1) is 6.92 Å². The van der Waals surface area contributed by atoms with Gasteiger partial charge in [0.2, 0.25) is 5.91 Å². The van der Waals surface area contributed by atoms with Gasteiger partial charge in [-0.05, 0) is 49.0 Å². The Morgan fingerprint density at radius 1 is 1.11 bits per heavy atom. The zero-order valence-corrected chi connectivity index (χ0v) is 16.4. The Morgan fingerprint density at radius 2 is 2.00 bits per heavy atom. The van der Waals surface area contributed by atoms with Crippen molar-refractivity contribution in [1.82, 2.24) is 15.0 Å². The van der Waals surface area contributed by atoms with Gasteiger partial charge in [-0.15, -0.1) is 0 Å². The number of rotatable bonds is 4. The molecule has 1 amide bonds. The van der Waals surface area contributed by atoms with Gasteiger partial charge in [-0.2, -0.15) is 0 Å². The highest BCUT2D eigenvalue weighted by molar-refractivity contribution is 7.99. The number of carbonyl (C=O) groups is 1. The molecule has 2 heterocycles. The van der Waals surface area contributed by atoms with Gasteiger partial charge in [-0.25, -0.2) is 15.0 Å². The molecule has 4 aromatic rings. The molecule has 4 rings (SSSR count). The Kier molecular flexibility index (Phi) is 4.87. The molecule has 0 unspecified atom stereocenters. The van der Waals surface area contributed by atoms with Crippen LogP contribution in [0.4, 0.5) is 5.13 Å². The first-order valence-electron chi connectivity index (χ1n) is 8.33. The van der Waals surface area contributed by atoms with Crippen LogP contribution >= 0.6 is 23.1 Å². The van der Waals surface area contributed by atoms with E-state index in [1.165, 1.54) is 23.8 Å². The average molecular weight is 393 g/mol. The molecule has 0 aliphatic heterocycles. The van der Waals surface area contributed by atoms with Crippen molar-refractivity contribution in [3.63, 3.8) is 0 Å². The van der Waals surface area contributed by atoms with Crippen LogP contribution in [0.1, 0.15) is 12.5 Å². The second-order valence-corrected chi connectivity index (χ2v) is 8.10. The summed E-state index contributed by atoms with van der Waals surface area (Å²) in [5, 5.41) is 4.05. The number of hydrogen-bond donors (Lipinski definition) is 1. The summed E-state index contributed by atoms with van der Waals surface area (Å²) < 4.78 is 1.00. The third-order valence-electron chi connectivity index (χ3n) is 3.80. The Balaban J connectivity index is 1.63. The van der Waals surface area contributed by atoms with Crippen LogP contribution in [0.3, 0.4) is 0 Å².